The first-order valence-corrected chi connectivity index (χ1v) is 15.1. The van der Waals surface area contributed by atoms with Crippen molar-refractivity contribution in [1.29, 1.82) is 0 Å². The number of aliphatic hydroxyl groups excluding tert-OH is 1. The van der Waals surface area contributed by atoms with Crippen molar-refractivity contribution in [2.45, 2.75) is 62.1 Å². The second-order valence-electron chi connectivity index (χ2n) is 11.1. The molecule has 1 spiro atoms. The minimum absolute atomic E-state index is 0.0249. The van der Waals surface area contributed by atoms with Crippen molar-refractivity contribution < 1.29 is 19.5 Å². The second kappa shape index (κ2) is 12.1. The van der Waals surface area contributed by atoms with E-state index in [2.05, 4.69) is 13.2 Å². The zero-order valence-corrected chi connectivity index (χ0v) is 24.7. The van der Waals surface area contributed by atoms with Gasteiger partial charge in [0, 0.05) is 35.6 Å². The molecule has 3 heterocycles. The Balaban J connectivity index is 1.82. The topological polar surface area (TPSA) is 81.2 Å². The van der Waals surface area contributed by atoms with Crippen molar-refractivity contribution in [3.63, 3.8) is 0 Å². The SMILES string of the molecule is C=CCN(CCC)C(=O)[C@@H]1[C@H]2C(=O)N([C@@H](CO)C(C)C)C(C(=O)N(CC=C)c3ccc(Cl)cc3)C23CC[C@H]1S3. The fourth-order valence-electron chi connectivity index (χ4n) is 6.78. The van der Waals surface area contributed by atoms with E-state index in [0.717, 1.165) is 12.8 Å². The number of fused-ring (bicyclic) bond motifs is 1. The average molecular weight is 574 g/mol. The van der Waals surface area contributed by atoms with Crippen LogP contribution in [0.4, 0.5) is 5.69 Å². The average Bonchev–Trinajstić information content (AvgIpc) is 3.55. The number of nitrogens with zero attached hydrogens (tertiary/aromatic N) is 3. The molecule has 2 unspecified atom stereocenters. The molecule has 0 saturated carbocycles. The van der Waals surface area contributed by atoms with E-state index in [4.69, 9.17) is 11.6 Å². The normalized spacial score (nSPS) is 27.9. The number of hydrogen-bond donors (Lipinski definition) is 1. The smallest absolute Gasteiger partial charge is 0.251 e. The fourth-order valence-corrected chi connectivity index (χ4v) is 9.10. The lowest BCUT2D eigenvalue weighted by Crippen LogP contribution is -2.58. The van der Waals surface area contributed by atoms with Gasteiger partial charge >= 0.3 is 0 Å². The van der Waals surface area contributed by atoms with Gasteiger partial charge in [-0.15, -0.1) is 24.9 Å². The lowest BCUT2D eigenvalue weighted by molar-refractivity contribution is -0.146. The highest BCUT2D eigenvalue weighted by molar-refractivity contribution is 8.02. The number of rotatable bonds is 12. The molecule has 7 nitrogen and oxygen atoms in total. The van der Waals surface area contributed by atoms with Gasteiger partial charge in [-0.1, -0.05) is 44.5 Å². The van der Waals surface area contributed by atoms with Gasteiger partial charge in [-0.25, -0.2) is 0 Å². The van der Waals surface area contributed by atoms with Gasteiger partial charge in [-0.2, -0.15) is 0 Å². The van der Waals surface area contributed by atoms with E-state index in [9.17, 15) is 19.5 Å². The first-order valence-electron chi connectivity index (χ1n) is 13.8. The fraction of sp³-hybridized carbons (Fsp3) is 0.567. The maximum absolute atomic E-state index is 14.6. The molecular formula is C30H40ClN3O4S. The summed E-state index contributed by atoms with van der Waals surface area (Å²) in [6.07, 6.45) is 5.63. The minimum Gasteiger partial charge on any atom is -0.394 e. The number of aliphatic hydroxyl groups is 1. The molecule has 212 valence electrons. The first kappa shape index (κ1) is 29.7. The summed E-state index contributed by atoms with van der Waals surface area (Å²) in [6, 6.07) is 5.69. The summed E-state index contributed by atoms with van der Waals surface area (Å²) < 4.78 is -0.737. The number of amides is 3. The number of anilines is 1. The van der Waals surface area contributed by atoms with Crippen molar-refractivity contribution in [2.24, 2.45) is 17.8 Å². The summed E-state index contributed by atoms with van der Waals surface area (Å²) in [7, 11) is 0. The monoisotopic (exact) mass is 573 g/mol. The molecule has 0 aliphatic carbocycles. The highest BCUT2D eigenvalue weighted by atomic mass is 35.5. The molecule has 3 amide bonds. The van der Waals surface area contributed by atoms with Gasteiger partial charge in [-0.3, -0.25) is 14.4 Å². The third-order valence-electron chi connectivity index (χ3n) is 8.44. The van der Waals surface area contributed by atoms with E-state index in [1.165, 1.54) is 0 Å². The molecular weight excluding hydrogens is 534 g/mol. The second-order valence-corrected chi connectivity index (χ2v) is 13.1. The molecule has 9 heteroatoms. The Kier molecular flexibility index (Phi) is 9.19. The van der Waals surface area contributed by atoms with Crippen molar-refractivity contribution >= 4 is 46.8 Å². The van der Waals surface area contributed by atoms with Gasteiger partial charge in [0.2, 0.25) is 11.8 Å². The molecule has 2 bridgehead atoms. The maximum atomic E-state index is 14.6. The van der Waals surface area contributed by atoms with Crippen LogP contribution in [0.1, 0.15) is 40.0 Å². The van der Waals surface area contributed by atoms with Crippen molar-refractivity contribution in [3.8, 4) is 0 Å². The molecule has 0 radical (unpaired) electrons. The standard InChI is InChI=1S/C30H40ClN3O4S/c1-6-15-32(16-7-2)27(36)24-23-13-14-30(39-23)25(24)28(37)34(22(18-35)19(4)5)26(30)29(38)33(17-8-3)21-11-9-20(31)10-12-21/h6,8-12,19,22-26,35H,1,3,7,13-18H2,2,4-5H3/t22-,23+,24-,25-,26?,30?/m0/s1. The lowest BCUT2D eigenvalue weighted by Gasteiger charge is -2.40. The van der Waals surface area contributed by atoms with Crippen LogP contribution in [0.15, 0.2) is 49.6 Å². The number of benzene rings is 1. The first-order chi connectivity index (χ1) is 18.7. The number of carbonyl (C=O) groups is 3. The summed E-state index contributed by atoms with van der Waals surface area (Å²) in [6.45, 7) is 14.6. The van der Waals surface area contributed by atoms with Crippen LogP contribution in [-0.2, 0) is 14.4 Å². The zero-order valence-electron chi connectivity index (χ0n) is 23.1. The largest absolute Gasteiger partial charge is 0.394 e. The third-order valence-corrected chi connectivity index (χ3v) is 10.6. The molecule has 6 atom stereocenters. The van der Waals surface area contributed by atoms with Crippen LogP contribution in [0.25, 0.3) is 0 Å². The molecule has 3 fully saturated rings. The van der Waals surface area contributed by atoms with E-state index >= 15 is 0 Å². The Morgan fingerprint density at radius 3 is 2.44 bits per heavy atom. The van der Waals surface area contributed by atoms with Crippen LogP contribution < -0.4 is 4.90 Å². The minimum atomic E-state index is -0.808. The molecule has 1 aromatic rings. The van der Waals surface area contributed by atoms with E-state index in [1.807, 2.05) is 20.8 Å². The third kappa shape index (κ3) is 5.04. The van der Waals surface area contributed by atoms with E-state index < -0.39 is 28.7 Å². The number of likely N-dealkylation sites (tertiary alicyclic amines) is 1. The zero-order chi connectivity index (χ0) is 28.5. The summed E-state index contributed by atoms with van der Waals surface area (Å²) in [5.41, 5.74) is 0.659. The Morgan fingerprint density at radius 2 is 1.87 bits per heavy atom. The molecule has 1 aromatic carbocycles. The number of thioether (sulfide) groups is 1. The van der Waals surface area contributed by atoms with Crippen LogP contribution in [-0.4, -0.2) is 80.9 Å². The van der Waals surface area contributed by atoms with Crippen molar-refractivity contribution in [1.82, 2.24) is 9.80 Å². The molecule has 3 aliphatic rings. The Morgan fingerprint density at radius 1 is 1.21 bits per heavy atom. The van der Waals surface area contributed by atoms with Crippen LogP contribution in [0, 0.1) is 17.8 Å². The van der Waals surface area contributed by atoms with Crippen LogP contribution in [0.5, 0.6) is 0 Å². The Bertz CT molecular complexity index is 1110. The van der Waals surface area contributed by atoms with Crippen LogP contribution in [0.2, 0.25) is 5.02 Å². The van der Waals surface area contributed by atoms with Crippen molar-refractivity contribution in [2.75, 3.05) is 31.1 Å². The summed E-state index contributed by atoms with van der Waals surface area (Å²) in [5.74, 6) is -1.65. The number of hydrogen-bond acceptors (Lipinski definition) is 5. The lowest BCUT2D eigenvalue weighted by atomic mass is 9.70. The molecule has 3 aliphatic heterocycles. The predicted octanol–water partition coefficient (Wildman–Crippen LogP) is 4.39. The van der Waals surface area contributed by atoms with Crippen LogP contribution in [0.3, 0.4) is 0 Å². The predicted molar refractivity (Wildman–Crippen MR) is 158 cm³/mol. The number of carbonyl (C=O) groups excluding carboxylic acids is 3. The molecule has 4 rings (SSSR count). The van der Waals surface area contributed by atoms with Crippen LogP contribution >= 0.6 is 23.4 Å². The quantitative estimate of drug-likeness (QED) is 0.375. The molecule has 1 N–H and O–H groups in total. The maximum Gasteiger partial charge on any atom is 0.251 e. The van der Waals surface area contributed by atoms with E-state index in [-0.39, 0.29) is 42.0 Å². The van der Waals surface area contributed by atoms with Gasteiger partial charge in [0.25, 0.3) is 5.91 Å². The van der Waals surface area contributed by atoms with E-state index in [0.29, 0.717) is 30.2 Å². The highest BCUT2D eigenvalue weighted by Crippen LogP contribution is 2.67. The highest BCUT2D eigenvalue weighted by Gasteiger charge is 2.74. The van der Waals surface area contributed by atoms with Gasteiger partial charge < -0.3 is 19.8 Å². The van der Waals surface area contributed by atoms with Crippen molar-refractivity contribution in [3.05, 3.63) is 54.6 Å². The Hall–Kier alpha value is -2.29. The van der Waals surface area contributed by atoms with Gasteiger partial charge in [0.1, 0.15) is 6.04 Å². The Labute approximate surface area is 241 Å². The van der Waals surface area contributed by atoms with E-state index in [1.54, 1.807) is 62.9 Å². The molecule has 0 aromatic heterocycles. The van der Waals surface area contributed by atoms with Gasteiger partial charge in [0.15, 0.2) is 0 Å². The van der Waals surface area contributed by atoms with Gasteiger partial charge in [-0.05, 0) is 49.4 Å². The summed E-state index contributed by atoms with van der Waals surface area (Å²) >= 11 is 7.77. The summed E-state index contributed by atoms with van der Waals surface area (Å²) in [5, 5.41) is 11.0. The summed E-state index contributed by atoms with van der Waals surface area (Å²) in [4.78, 5) is 48.1. The molecule has 3 saturated heterocycles. The number of halogens is 1. The molecule has 39 heavy (non-hydrogen) atoms. The van der Waals surface area contributed by atoms with Gasteiger partial charge in [0.05, 0.1) is 29.2 Å².